The van der Waals surface area contributed by atoms with E-state index < -0.39 is 11.9 Å². The van der Waals surface area contributed by atoms with Gasteiger partial charge in [0, 0.05) is 24.4 Å². The summed E-state index contributed by atoms with van der Waals surface area (Å²) in [6.45, 7) is 5.91. The molecule has 4 N–H and O–H groups in total. The molecule has 0 bridgehead atoms. The van der Waals surface area contributed by atoms with Crippen LogP contribution < -0.4 is 16.1 Å². The fraction of sp³-hybridized carbons (Fsp3) is 0.160. The average molecular weight is 488 g/mol. The lowest BCUT2D eigenvalue weighted by Crippen LogP contribution is -2.28. The van der Waals surface area contributed by atoms with Crippen molar-refractivity contribution in [3.05, 3.63) is 82.9 Å². The smallest absolute Gasteiger partial charge is 0.320 e. The number of rotatable bonds is 7. The summed E-state index contributed by atoms with van der Waals surface area (Å²) in [6, 6.07) is 13.9. The van der Waals surface area contributed by atoms with Crippen molar-refractivity contribution in [3.8, 4) is 17.4 Å². The Hall–Kier alpha value is -4.77. The van der Waals surface area contributed by atoms with Gasteiger partial charge in [-0.15, -0.1) is 0 Å². The SMILES string of the molecule is Cc1cc(C)n(-c2cc(NC(=O)NCc3ccc(/C=C/C(=O)NO)cc3)nc(-c3ccc(C)o3)n2)n1. The third-order valence-electron chi connectivity index (χ3n) is 5.11. The van der Waals surface area contributed by atoms with Gasteiger partial charge in [0.2, 0.25) is 0 Å². The van der Waals surface area contributed by atoms with Gasteiger partial charge in [-0.05, 0) is 56.2 Å². The Balaban J connectivity index is 1.48. The summed E-state index contributed by atoms with van der Waals surface area (Å²) in [4.78, 5) is 32.7. The molecule has 4 rings (SSSR count). The Morgan fingerprint density at radius 1 is 1.06 bits per heavy atom. The van der Waals surface area contributed by atoms with Gasteiger partial charge in [0.25, 0.3) is 5.91 Å². The van der Waals surface area contributed by atoms with Crippen LogP contribution in [0.3, 0.4) is 0 Å². The molecule has 1 aromatic carbocycles. The number of benzene rings is 1. The van der Waals surface area contributed by atoms with Crippen LogP contribution in [-0.4, -0.2) is 36.9 Å². The summed E-state index contributed by atoms with van der Waals surface area (Å²) in [5, 5.41) is 18.6. The summed E-state index contributed by atoms with van der Waals surface area (Å²) in [7, 11) is 0. The first kappa shape index (κ1) is 24.4. The van der Waals surface area contributed by atoms with Gasteiger partial charge in [0.1, 0.15) is 11.6 Å². The van der Waals surface area contributed by atoms with Gasteiger partial charge < -0.3 is 9.73 Å². The summed E-state index contributed by atoms with van der Waals surface area (Å²) < 4.78 is 7.37. The molecule has 11 heteroatoms. The second-order valence-electron chi connectivity index (χ2n) is 8.04. The van der Waals surface area contributed by atoms with Crippen molar-refractivity contribution in [2.24, 2.45) is 0 Å². The van der Waals surface area contributed by atoms with Crippen molar-refractivity contribution in [2.45, 2.75) is 27.3 Å². The van der Waals surface area contributed by atoms with Gasteiger partial charge in [-0.3, -0.25) is 15.3 Å². The number of nitrogens with one attached hydrogen (secondary N) is 3. The number of nitrogens with zero attached hydrogens (tertiary/aromatic N) is 4. The molecule has 0 fully saturated rings. The molecular weight excluding hydrogens is 462 g/mol. The summed E-state index contributed by atoms with van der Waals surface area (Å²) in [5.74, 6) is 1.68. The van der Waals surface area contributed by atoms with E-state index in [0.717, 1.165) is 28.3 Å². The first-order valence-corrected chi connectivity index (χ1v) is 11.1. The lowest BCUT2D eigenvalue weighted by atomic mass is 10.1. The number of hydroxylamine groups is 1. The quantitative estimate of drug-likeness (QED) is 0.177. The van der Waals surface area contributed by atoms with Crippen molar-refractivity contribution < 1.29 is 19.2 Å². The van der Waals surface area contributed by atoms with E-state index in [2.05, 4.69) is 25.7 Å². The zero-order valence-corrected chi connectivity index (χ0v) is 19.9. The molecule has 0 radical (unpaired) electrons. The van der Waals surface area contributed by atoms with Gasteiger partial charge >= 0.3 is 6.03 Å². The number of hydrogen-bond donors (Lipinski definition) is 4. The maximum Gasteiger partial charge on any atom is 0.320 e. The van der Waals surface area contributed by atoms with Crippen LogP contribution in [-0.2, 0) is 11.3 Å². The maximum absolute atomic E-state index is 12.6. The molecule has 0 unspecified atom stereocenters. The Labute approximate surface area is 206 Å². The second kappa shape index (κ2) is 10.7. The molecule has 36 heavy (non-hydrogen) atoms. The van der Waals surface area contributed by atoms with Gasteiger partial charge in [0.15, 0.2) is 17.4 Å². The Bertz CT molecular complexity index is 1420. The normalized spacial score (nSPS) is 11.0. The van der Waals surface area contributed by atoms with Crippen molar-refractivity contribution in [2.75, 3.05) is 5.32 Å². The predicted octanol–water partition coefficient (Wildman–Crippen LogP) is 3.69. The molecule has 0 saturated carbocycles. The highest BCUT2D eigenvalue weighted by Crippen LogP contribution is 2.22. The minimum atomic E-state index is -0.617. The van der Waals surface area contributed by atoms with E-state index >= 15 is 0 Å². The van der Waals surface area contributed by atoms with Gasteiger partial charge in [-0.1, -0.05) is 24.3 Å². The van der Waals surface area contributed by atoms with E-state index in [1.165, 1.54) is 11.6 Å². The largest absolute Gasteiger partial charge is 0.458 e. The highest BCUT2D eigenvalue weighted by molar-refractivity contribution is 5.91. The molecule has 0 spiro atoms. The minimum absolute atomic E-state index is 0.270. The molecule has 0 aliphatic rings. The zero-order valence-electron chi connectivity index (χ0n) is 19.9. The first-order valence-electron chi connectivity index (χ1n) is 11.1. The molecule has 0 aliphatic heterocycles. The van der Waals surface area contributed by atoms with Crippen molar-refractivity contribution in [1.82, 2.24) is 30.5 Å². The highest BCUT2D eigenvalue weighted by atomic mass is 16.5. The highest BCUT2D eigenvalue weighted by Gasteiger charge is 2.15. The minimum Gasteiger partial charge on any atom is -0.458 e. The molecule has 4 aromatic rings. The number of hydrogen-bond acceptors (Lipinski definition) is 7. The summed E-state index contributed by atoms with van der Waals surface area (Å²) >= 11 is 0. The second-order valence-corrected chi connectivity index (χ2v) is 8.04. The van der Waals surface area contributed by atoms with E-state index in [9.17, 15) is 9.59 Å². The molecule has 11 nitrogen and oxygen atoms in total. The maximum atomic E-state index is 12.6. The fourth-order valence-corrected chi connectivity index (χ4v) is 3.43. The van der Waals surface area contributed by atoms with Crippen molar-refractivity contribution in [3.63, 3.8) is 0 Å². The van der Waals surface area contributed by atoms with Crippen LogP contribution in [0.15, 0.2) is 59.0 Å². The molecule has 0 aliphatic carbocycles. The number of furan rings is 1. The predicted molar refractivity (Wildman–Crippen MR) is 132 cm³/mol. The Morgan fingerprint density at radius 2 is 1.83 bits per heavy atom. The lowest BCUT2D eigenvalue weighted by Gasteiger charge is -2.11. The first-order chi connectivity index (χ1) is 17.3. The number of aryl methyl sites for hydroxylation is 3. The molecule has 0 saturated heterocycles. The Morgan fingerprint density at radius 3 is 2.47 bits per heavy atom. The fourth-order valence-electron chi connectivity index (χ4n) is 3.43. The molecular formula is C25H25N7O4. The van der Waals surface area contributed by atoms with Crippen LogP contribution >= 0.6 is 0 Å². The van der Waals surface area contributed by atoms with Gasteiger partial charge in [-0.2, -0.15) is 5.10 Å². The number of aromatic nitrogens is 4. The summed E-state index contributed by atoms with van der Waals surface area (Å²) in [5.41, 5.74) is 4.88. The van der Waals surface area contributed by atoms with Crippen LogP contribution in [0.25, 0.3) is 23.5 Å². The van der Waals surface area contributed by atoms with E-state index in [-0.39, 0.29) is 12.4 Å². The molecule has 0 atom stereocenters. The van der Waals surface area contributed by atoms with Crippen LogP contribution in [0.1, 0.15) is 28.3 Å². The topological polar surface area (TPSA) is 147 Å². The monoisotopic (exact) mass is 487 g/mol. The van der Waals surface area contributed by atoms with Crippen LogP contribution in [0.2, 0.25) is 0 Å². The molecule has 3 heterocycles. The van der Waals surface area contributed by atoms with E-state index in [1.54, 1.807) is 35.0 Å². The molecule has 3 aromatic heterocycles. The Kier molecular flexibility index (Phi) is 7.21. The van der Waals surface area contributed by atoms with Gasteiger partial charge in [-0.25, -0.2) is 24.9 Å². The van der Waals surface area contributed by atoms with E-state index in [1.807, 2.05) is 45.0 Å². The number of carbonyl (C=O) groups excluding carboxylic acids is 2. The lowest BCUT2D eigenvalue weighted by molar-refractivity contribution is -0.124. The van der Waals surface area contributed by atoms with E-state index in [4.69, 9.17) is 9.62 Å². The number of anilines is 1. The molecule has 184 valence electrons. The van der Waals surface area contributed by atoms with Crippen LogP contribution in [0, 0.1) is 20.8 Å². The van der Waals surface area contributed by atoms with Crippen LogP contribution in [0.5, 0.6) is 0 Å². The van der Waals surface area contributed by atoms with E-state index in [0.29, 0.717) is 17.4 Å². The number of urea groups is 1. The average Bonchev–Trinajstić information content (AvgIpc) is 3.45. The molecule has 3 amide bonds. The van der Waals surface area contributed by atoms with Gasteiger partial charge in [0.05, 0.1) is 5.69 Å². The number of carbonyl (C=O) groups is 2. The van der Waals surface area contributed by atoms with Crippen molar-refractivity contribution >= 4 is 23.8 Å². The zero-order chi connectivity index (χ0) is 25.7. The third-order valence-corrected chi connectivity index (χ3v) is 5.11. The standard InChI is InChI=1S/C25H25N7O4/c1-15-12-16(2)32(30-15)22-13-21(27-24(29-22)20-10-4-17(3)36-20)28-25(34)26-14-19-7-5-18(6-8-19)9-11-23(33)31-35/h4-13,35H,14H2,1-3H3,(H,31,33)(H2,26,27,28,29,34)/b11-9+. The summed E-state index contributed by atoms with van der Waals surface area (Å²) in [6.07, 6.45) is 2.77. The van der Waals surface area contributed by atoms with Crippen molar-refractivity contribution in [1.29, 1.82) is 0 Å². The third kappa shape index (κ3) is 6.02. The number of amides is 3. The van der Waals surface area contributed by atoms with Crippen LogP contribution in [0.4, 0.5) is 10.6 Å².